The summed E-state index contributed by atoms with van der Waals surface area (Å²) in [6.45, 7) is 1.53. The first kappa shape index (κ1) is 18.0. The van der Waals surface area contributed by atoms with Crippen molar-refractivity contribution in [2.24, 2.45) is 4.99 Å². The molecule has 7 heteroatoms. The van der Waals surface area contributed by atoms with E-state index in [0.29, 0.717) is 6.54 Å². The van der Waals surface area contributed by atoms with Crippen LogP contribution in [0.5, 0.6) is 0 Å². The highest BCUT2D eigenvalue weighted by molar-refractivity contribution is 7.99. The zero-order valence-electron chi connectivity index (χ0n) is 14.6. The summed E-state index contributed by atoms with van der Waals surface area (Å²) in [4.78, 5) is 9.74. The van der Waals surface area contributed by atoms with Crippen LogP contribution in [-0.2, 0) is 6.54 Å². The number of thioether (sulfide) groups is 1. The third-order valence-electron chi connectivity index (χ3n) is 3.71. The van der Waals surface area contributed by atoms with Crippen molar-refractivity contribution in [3.8, 4) is 11.4 Å². The molecular weight excluding hydrogens is 344 g/mol. The number of aromatic amines is 1. The van der Waals surface area contributed by atoms with Crippen molar-refractivity contribution in [3.05, 3.63) is 66.5 Å². The predicted octanol–water partition coefficient (Wildman–Crippen LogP) is 2.93. The number of benzene rings is 2. The lowest BCUT2D eigenvalue weighted by Crippen LogP contribution is -2.37. The second-order valence-electron chi connectivity index (χ2n) is 5.55. The van der Waals surface area contributed by atoms with Crippen LogP contribution in [0, 0.1) is 0 Å². The Labute approximate surface area is 157 Å². The summed E-state index contributed by atoms with van der Waals surface area (Å²) in [7, 11) is 1.78. The van der Waals surface area contributed by atoms with Crippen LogP contribution in [0.1, 0.15) is 5.56 Å². The molecule has 3 aromatic rings. The fraction of sp³-hybridized carbons (Fsp3) is 0.211. The molecule has 0 aliphatic carbocycles. The third kappa shape index (κ3) is 5.35. The largest absolute Gasteiger partial charge is 0.356 e. The lowest BCUT2D eigenvalue weighted by Gasteiger charge is -2.12. The summed E-state index contributed by atoms with van der Waals surface area (Å²) in [5.74, 6) is 2.54. The zero-order valence-corrected chi connectivity index (χ0v) is 15.5. The highest BCUT2D eigenvalue weighted by Crippen LogP contribution is 2.16. The van der Waals surface area contributed by atoms with Gasteiger partial charge < -0.3 is 10.6 Å². The van der Waals surface area contributed by atoms with Gasteiger partial charge in [-0.3, -0.25) is 10.1 Å². The number of H-pyrrole nitrogens is 1. The number of hydrogen-bond acceptors (Lipinski definition) is 4. The van der Waals surface area contributed by atoms with Crippen molar-refractivity contribution < 1.29 is 0 Å². The van der Waals surface area contributed by atoms with Crippen LogP contribution in [0.3, 0.4) is 0 Å². The van der Waals surface area contributed by atoms with Crippen LogP contribution in [0.2, 0.25) is 0 Å². The molecule has 0 amide bonds. The quantitative estimate of drug-likeness (QED) is 0.259. The molecule has 0 saturated heterocycles. The molecule has 1 heterocycles. The molecule has 0 bridgehead atoms. The highest BCUT2D eigenvalue weighted by Gasteiger charge is 2.03. The van der Waals surface area contributed by atoms with E-state index in [0.717, 1.165) is 35.2 Å². The summed E-state index contributed by atoms with van der Waals surface area (Å²) < 4.78 is 0. The normalized spacial score (nSPS) is 11.3. The molecule has 0 spiro atoms. The maximum Gasteiger partial charge on any atom is 0.191 e. The molecule has 0 saturated carbocycles. The molecule has 0 fully saturated rings. The van der Waals surface area contributed by atoms with Crippen LogP contribution < -0.4 is 10.6 Å². The Hall–Kier alpha value is -2.80. The van der Waals surface area contributed by atoms with Gasteiger partial charge in [0, 0.05) is 36.3 Å². The van der Waals surface area contributed by atoms with E-state index in [1.54, 1.807) is 7.05 Å². The molecule has 134 valence electrons. The molecule has 6 nitrogen and oxygen atoms in total. The number of guanidine groups is 1. The number of aromatic nitrogens is 3. The van der Waals surface area contributed by atoms with E-state index in [-0.39, 0.29) is 0 Å². The Morgan fingerprint density at radius 2 is 2.00 bits per heavy atom. The van der Waals surface area contributed by atoms with Gasteiger partial charge in [-0.2, -0.15) is 5.10 Å². The molecule has 0 aliphatic rings. The number of nitrogens with one attached hydrogen (secondary N) is 3. The summed E-state index contributed by atoms with van der Waals surface area (Å²) in [6.07, 6.45) is 1.51. The number of aliphatic imine (C=N–C) groups is 1. The van der Waals surface area contributed by atoms with Gasteiger partial charge in [0.05, 0.1) is 0 Å². The van der Waals surface area contributed by atoms with Crippen LogP contribution in [0.4, 0.5) is 0 Å². The van der Waals surface area contributed by atoms with Gasteiger partial charge in [-0.15, -0.1) is 11.8 Å². The summed E-state index contributed by atoms with van der Waals surface area (Å²) >= 11 is 1.83. The van der Waals surface area contributed by atoms with E-state index in [1.165, 1.54) is 11.2 Å². The van der Waals surface area contributed by atoms with Gasteiger partial charge >= 0.3 is 0 Å². The molecule has 1 aromatic heterocycles. The molecule has 2 aromatic carbocycles. The van der Waals surface area contributed by atoms with E-state index < -0.39 is 0 Å². The van der Waals surface area contributed by atoms with Crippen molar-refractivity contribution in [2.45, 2.75) is 11.4 Å². The smallest absolute Gasteiger partial charge is 0.191 e. The maximum absolute atomic E-state index is 4.28. The van der Waals surface area contributed by atoms with Gasteiger partial charge in [0.1, 0.15) is 6.33 Å². The van der Waals surface area contributed by atoms with Crippen molar-refractivity contribution in [3.63, 3.8) is 0 Å². The second kappa shape index (κ2) is 9.62. The topological polar surface area (TPSA) is 78.0 Å². The Kier molecular flexibility index (Phi) is 6.66. The van der Waals surface area contributed by atoms with Gasteiger partial charge in [-0.1, -0.05) is 36.4 Å². The fourth-order valence-corrected chi connectivity index (χ4v) is 3.22. The average Bonchev–Trinajstić information content (AvgIpc) is 3.23. The Morgan fingerprint density at radius 3 is 2.77 bits per heavy atom. The molecule has 0 aliphatic heterocycles. The zero-order chi connectivity index (χ0) is 18.0. The molecule has 3 rings (SSSR count). The molecule has 0 radical (unpaired) electrons. The van der Waals surface area contributed by atoms with E-state index in [4.69, 9.17) is 0 Å². The summed E-state index contributed by atoms with van der Waals surface area (Å²) in [6, 6.07) is 18.6. The first-order valence-corrected chi connectivity index (χ1v) is 9.41. The number of nitrogens with zero attached hydrogens (tertiary/aromatic N) is 3. The van der Waals surface area contributed by atoms with E-state index in [1.807, 2.05) is 30.0 Å². The van der Waals surface area contributed by atoms with Crippen LogP contribution in [0.15, 0.2) is 70.8 Å². The minimum Gasteiger partial charge on any atom is -0.356 e. The Bertz CT molecular complexity index is 817. The van der Waals surface area contributed by atoms with Gasteiger partial charge in [-0.25, -0.2) is 4.98 Å². The van der Waals surface area contributed by atoms with Crippen LogP contribution in [0.25, 0.3) is 11.4 Å². The molecule has 0 unspecified atom stereocenters. The first-order valence-electron chi connectivity index (χ1n) is 8.42. The lowest BCUT2D eigenvalue weighted by molar-refractivity contribution is 0.833. The Morgan fingerprint density at radius 1 is 1.12 bits per heavy atom. The minimum absolute atomic E-state index is 0.688. The predicted molar refractivity (Wildman–Crippen MR) is 107 cm³/mol. The van der Waals surface area contributed by atoms with Crippen molar-refractivity contribution >= 4 is 17.7 Å². The third-order valence-corrected chi connectivity index (χ3v) is 4.72. The summed E-state index contributed by atoms with van der Waals surface area (Å²) in [5.41, 5.74) is 2.17. The second-order valence-corrected chi connectivity index (χ2v) is 6.72. The van der Waals surface area contributed by atoms with E-state index in [9.17, 15) is 0 Å². The number of hydrogen-bond donors (Lipinski definition) is 3. The van der Waals surface area contributed by atoms with Gasteiger partial charge in [-0.05, 0) is 23.8 Å². The van der Waals surface area contributed by atoms with Gasteiger partial charge in [0.25, 0.3) is 0 Å². The fourth-order valence-electron chi connectivity index (χ4n) is 2.43. The Balaban J connectivity index is 1.45. The van der Waals surface area contributed by atoms with Crippen LogP contribution >= 0.6 is 11.8 Å². The van der Waals surface area contributed by atoms with E-state index in [2.05, 4.69) is 67.2 Å². The molecular formula is C19H22N6S. The van der Waals surface area contributed by atoms with Crippen LogP contribution in [-0.4, -0.2) is 40.5 Å². The van der Waals surface area contributed by atoms with Gasteiger partial charge in [0.15, 0.2) is 11.8 Å². The van der Waals surface area contributed by atoms with Gasteiger partial charge in [0.2, 0.25) is 0 Å². The highest BCUT2D eigenvalue weighted by atomic mass is 32.2. The van der Waals surface area contributed by atoms with Crippen molar-refractivity contribution in [1.29, 1.82) is 0 Å². The molecule has 3 N–H and O–H groups in total. The maximum atomic E-state index is 4.28. The summed E-state index contributed by atoms with van der Waals surface area (Å²) in [5, 5.41) is 13.5. The SMILES string of the molecule is CN=C(NCCSc1ccccc1)NCc1cccc(-c2ncn[nH]2)c1. The number of rotatable bonds is 7. The molecule has 0 atom stereocenters. The standard InChI is InChI=1S/C19H22N6S/c1-20-19(21-10-11-26-17-8-3-2-4-9-17)22-13-15-6-5-7-16(12-15)18-23-14-24-25-18/h2-9,12,14H,10-11,13H2,1H3,(H2,20,21,22)(H,23,24,25). The van der Waals surface area contributed by atoms with E-state index >= 15 is 0 Å². The average molecular weight is 366 g/mol. The molecule has 26 heavy (non-hydrogen) atoms. The van der Waals surface area contributed by atoms with Crippen molar-refractivity contribution in [1.82, 2.24) is 25.8 Å². The first-order chi connectivity index (χ1) is 12.8. The minimum atomic E-state index is 0.688. The van der Waals surface area contributed by atoms with Crippen molar-refractivity contribution in [2.75, 3.05) is 19.3 Å². The lowest BCUT2D eigenvalue weighted by atomic mass is 10.1. The monoisotopic (exact) mass is 366 g/mol.